The van der Waals surface area contributed by atoms with Crippen LogP contribution in [0, 0.1) is 6.92 Å². The summed E-state index contributed by atoms with van der Waals surface area (Å²) < 4.78 is 10.2. The number of hydrogen-bond donors (Lipinski definition) is 1. The molecule has 0 saturated carbocycles. The molecule has 130 valence electrons. The van der Waals surface area contributed by atoms with E-state index >= 15 is 0 Å². The minimum atomic E-state index is -0.227. The van der Waals surface area contributed by atoms with Crippen LogP contribution in [0.4, 0.5) is 0 Å². The van der Waals surface area contributed by atoms with Gasteiger partial charge in [0.05, 0.1) is 12.1 Å². The summed E-state index contributed by atoms with van der Waals surface area (Å²) in [6, 6.07) is 5.46. The first-order valence-electron chi connectivity index (χ1n) is 8.07. The molecule has 1 amide bonds. The van der Waals surface area contributed by atoms with Gasteiger partial charge in [0.25, 0.3) is 5.91 Å². The molecule has 1 heterocycles. The number of benzene rings is 1. The van der Waals surface area contributed by atoms with Crippen molar-refractivity contribution in [1.82, 2.24) is 5.32 Å². The van der Waals surface area contributed by atoms with Crippen molar-refractivity contribution in [2.24, 2.45) is 0 Å². The second-order valence-electron chi connectivity index (χ2n) is 5.67. The summed E-state index contributed by atoms with van der Waals surface area (Å²) in [7, 11) is 1.39. The maximum atomic E-state index is 12.3. The van der Waals surface area contributed by atoms with E-state index in [2.05, 4.69) is 10.1 Å². The number of hydrogen-bond acceptors (Lipinski definition) is 4. The number of unbranched alkanes of at least 4 members (excludes halogenated alkanes) is 3. The smallest absolute Gasteiger partial charge is 0.305 e. The molecule has 0 unspecified atom stereocenters. The number of carbonyl (C=O) groups is 2. The first-order valence-corrected chi connectivity index (χ1v) is 8.45. The van der Waals surface area contributed by atoms with Gasteiger partial charge in [0.15, 0.2) is 11.3 Å². The van der Waals surface area contributed by atoms with Crippen LogP contribution in [0.5, 0.6) is 0 Å². The molecule has 1 aromatic carbocycles. The van der Waals surface area contributed by atoms with Crippen LogP contribution >= 0.6 is 11.6 Å². The van der Waals surface area contributed by atoms with Crippen molar-refractivity contribution in [3.63, 3.8) is 0 Å². The molecule has 0 fully saturated rings. The second-order valence-corrected chi connectivity index (χ2v) is 6.08. The Kier molecular flexibility index (Phi) is 6.67. The van der Waals surface area contributed by atoms with E-state index < -0.39 is 0 Å². The van der Waals surface area contributed by atoms with Gasteiger partial charge in [-0.05, 0) is 25.8 Å². The van der Waals surface area contributed by atoms with Crippen molar-refractivity contribution in [1.29, 1.82) is 0 Å². The van der Waals surface area contributed by atoms with Crippen molar-refractivity contribution in [3.05, 3.63) is 34.5 Å². The quantitative estimate of drug-likeness (QED) is 0.570. The van der Waals surface area contributed by atoms with Gasteiger partial charge in [-0.15, -0.1) is 0 Å². The third-order valence-corrected chi connectivity index (χ3v) is 4.24. The molecular weight excluding hydrogens is 330 g/mol. The number of para-hydroxylation sites is 1. The molecule has 2 aromatic rings. The number of aryl methyl sites for hydroxylation is 1. The highest BCUT2D eigenvalue weighted by Crippen LogP contribution is 2.30. The number of rotatable bonds is 8. The largest absolute Gasteiger partial charge is 0.469 e. The lowest BCUT2D eigenvalue weighted by Crippen LogP contribution is -2.24. The fourth-order valence-corrected chi connectivity index (χ4v) is 2.77. The molecule has 6 heteroatoms. The zero-order chi connectivity index (χ0) is 17.5. The van der Waals surface area contributed by atoms with Crippen LogP contribution in [0.1, 0.15) is 48.2 Å². The van der Waals surface area contributed by atoms with Crippen LogP contribution in [0.2, 0.25) is 5.02 Å². The molecular formula is C18H22ClNO4. The Morgan fingerprint density at radius 2 is 1.96 bits per heavy atom. The topological polar surface area (TPSA) is 68.5 Å². The van der Waals surface area contributed by atoms with Gasteiger partial charge in [-0.3, -0.25) is 9.59 Å². The Morgan fingerprint density at radius 1 is 1.21 bits per heavy atom. The predicted octanol–water partition coefficient (Wildman–Crippen LogP) is 4.25. The summed E-state index contributed by atoms with van der Waals surface area (Å²) in [5.41, 5.74) is 1.34. The molecule has 0 saturated heterocycles. The maximum Gasteiger partial charge on any atom is 0.305 e. The standard InChI is InChI=1S/C18H22ClNO4/c1-12-13-8-7-9-14(19)17(13)24-16(12)18(22)20-11-6-4-3-5-10-15(21)23-2/h7-9H,3-6,10-11H2,1-2H3,(H,20,22). The van der Waals surface area contributed by atoms with Gasteiger partial charge in [-0.2, -0.15) is 0 Å². The molecule has 0 aliphatic heterocycles. The maximum absolute atomic E-state index is 12.3. The lowest BCUT2D eigenvalue weighted by Gasteiger charge is -2.04. The lowest BCUT2D eigenvalue weighted by molar-refractivity contribution is -0.140. The Labute approximate surface area is 146 Å². The van der Waals surface area contributed by atoms with E-state index in [1.165, 1.54) is 7.11 Å². The van der Waals surface area contributed by atoms with Crippen LogP contribution in [0.3, 0.4) is 0 Å². The van der Waals surface area contributed by atoms with E-state index in [1.54, 1.807) is 6.07 Å². The molecule has 5 nitrogen and oxygen atoms in total. The van der Waals surface area contributed by atoms with E-state index in [4.69, 9.17) is 16.0 Å². The van der Waals surface area contributed by atoms with Crippen molar-refractivity contribution < 1.29 is 18.7 Å². The van der Waals surface area contributed by atoms with Crippen molar-refractivity contribution in [2.45, 2.75) is 39.0 Å². The number of amides is 1. The first-order chi connectivity index (χ1) is 11.5. The molecule has 0 bridgehead atoms. The molecule has 0 aliphatic rings. The van der Waals surface area contributed by atoms with Crippen LogP contribution in [0.25, 0.3) is 11.0 Å². The number of halogens is 1. The Hall–Kier alpha value is -2.01. The zero-order valence-corrected chi connectivity index (χ0v) is 14.7. The lowest BCUT2D eigenvalue weighted by atomic mass is 10.1. The Bertz CT molecular complexity index is 723. The molecule has 1 aromatic heterocycles. The van der Waals surface area contributed by atoms with Gasteiger partial charge in [0.2, 0.25) is 0 Å². The summed E-state index contributed by atoms with van der Waals surface area (Å²) in [5, 5.41) is 4.22. The molecule has 2 rings (SSSR count). The van der Waals surface area contributed by atoms with Gasteiger partial charge < -0.3 is 14.5 Å². The van der Waals surface area contributed by atoms with E-state index in [1.807, 2.05) is 19.1 Å². The minimum Gasteiger partial charge on any atom is -0.469 e. The molecule has 0 atom stereocenters. The molecule has 0 spiro atoms. The fourth-order valence-electron chi connectivity index (χ4n) is 2.56. The summed E-state index contributed by atoms with van der Waals surface area (Å²) in [6.45, 7) is 2.42. The van der Waals surface area contributed by atoms with Gasteiger partial charge in [0.1, 0.15) is 0 Å². The second kappa shape index (κ2) is 8.73. The number of esters is 1. The van der Waals surface area contributed by atoms with Crippen molar-refractivity contribution >= 4 is 34.4 Å². The predicted molar refractivity (Wildman–Crippen MR) is 93.4 cm³/mol. The summed E-state index contributed by atoms with van der Waals surface area (Å²) in [5.74, 6) is -0.0968. The van der Waals surface area contributed by atoms with Gasteiger partial charge in [-0.1, -0.05) is 36.6 Å². The van der Waals surface area contributed by atoms with E-state index in [0.29, 0.717) is 29.3 Å². The van der Waals surface area contributed by atoms with Crippen molar-refractivity contribution in [3.8, 4) is 0 Å². The number of methoxy groups -OCH3 is 1. The Balaban J connectivity index is 1.78. The number of nitrogens with one attached hydrogen (secondary N) is 1. The third-order valence-electron chi connectivity index (χ3n) is 3.94. The highest BCUT2D eigenvalue weighted by Gasteiger charge is 2.18. The van der Waals surface area contributed by atoms with Gasteiger partial charge >= 0.3 is 5.97 Å². The molecule has 0 aliphatic carbocycles. The monoisotopic (exact) mass is 351 g/mol. The van der Waals surface area contributed by atoms with E-state index in [0.717, 1.165) is 36.6 Å². The molecule has 0 radical (unpaired) electrons. The van der Waals surface area contributed by atoms with Crippen LogP contribution in [-0.2, 0) is 9.53 Å². The SMILES string of the molecule is COC(=O)CCCCCCNC(=O)c1oc2c(Cl)cccc2c1C. The van der Waals surface area contributed by atoms with Crippen LogP contribution in [-0.4, -0.2) is 25.5 Å². The number of carbonyl (C=O) groups excluding carboxylic acids is 2. The first kappa shape index (κ1) is 18.3. The Morgan fingerprint density at radius 3 is 2.67 bits per heavy atom. The highest BCUT2D eigenvalue weighted by molar-refractivity contribution is 6.35. The van der Waals surface area contributed by atoms with Gasteiger partial charge in [0, 0.05) is 23.9 Å². The van der Waals surface area contributed by atoms with Gasteiger partial charge in [-0.25, -0.2) is 0 Å². The summed E-state index contributed by atoms with van der Waals surface area (Å²) in [6.07, 6.45) is 3.99. The van der Waals surface area contributed by atoms with Crippen LogP contribution in [0.15, 0.2) is 22.6 Å². The average Bonchev–Trinajstić information content (AvgIpc) is 2.92. The summed E-state index contributed by atoms with van der Waals surface area (Å²) >= 11 is 6.10. The summed E-state index contributed by atoms with van der Waals surface area (Å²) in [4.78, 5) is 23.2. The van der Waals surface area contributed by atoms with Crippen LogP contribution < -0.4 is 5.32 Å². The normalized spacial score (nSPS) is 10.8. The van der Waals surface area contributed by atoms with E-state index in [-0.39, 0.29) is 11.9 Å². The third kappa shape index (κ3) is 4.51. The number of fused-ring (bicyclic) bond motifs is 1. The molecule has 24 heavy (non-hydrogen) atoms. The molecule has 1 N–H and O–H groups in total. The van der Waals surface area contributed by atoms with Crippen molar-refractivity contribution in [2.75, 3.05) is 13.7 Å². The average molecular weight is 352 g/mol. The van der Waals surface area contributed by atoms with E-state index in [9.17, 15) is 9.59 Å². The minimum absolute atomic E-state index is 0.178. The fraction of sp³-hybridized carbons (Fsp3) is 0.444. The highest BCUT2D eigenvalue weighted by atomic mass is 35.5. The zero-order valence-electron chi connectivity index (χ0n) is 14.0. The number of furan rings is 1. The number of ether oxygens (including phenoxy) is 1.